The molecular weight excluding hydrogens is 336 g/mol. The molecule has 2 aromatic rings. The summed E-state index contributed by atoms with van der Waals surface area (Å²) >= 11 is 0. The zero-order chi connectivity index (χ0) is 18.6. The molecule has 26 heavy (non-hydrogen) atoms. The number of carbonyl (C=O) groups is 2. The smallest absolute Gasteiger partial charge is 0.305 e. The van der Waals surface area contributed by atoms with Gasteiger partial charge in [-0.2, -0.15) is 0 Å². The van der Waals surface area contributed by atoms with E-state index in [2.05, 4.69) is 15.6 Å². The number of carboxylic acid groups (broad SMARTS) is 1. The van der Waals surface area contributed by atoms with Crippen LogP contribution in [0, 0.1) is 6.92 Å². The van der Waals surface area contributed by atoms with Crippen LogP contribution in [0.25, 0.3) is 5.69 Å². The molecular formula is C18H22N4O4. The Balaban J connectivity index is 1.71. The Morgan fingerprint density at radius 3 is 2.62 bits per heavy atom. The molecule has 138 valence electrons. The Kier molecular flexibility index (Phi) is 5.32. The maximum absolute atomic E-state index is 12.5. The SMILES string of the molecule is Cc1c(CC(=O)NC2(CC(=O)O)CCOCC2)nnn1-c1ccccc1. The summed E-state index contributed by atoms with van der Waals surface area (Å²) in [5.41, 5.74) is 1.47. The average molecular weight is 358 g/mol. The normalized spacial score (nSPS) is 16.2. The van der Waals surface area contributed by atoms with Gasteiger partial charge in [0.1, 0.15) is 0 Å². The van der Waals surface area contributed by atoms with Crippen LogP contribution in [0.4, 0.5) is 0 Å². The number of carbonyl (C=O) groups excluding carboxylic acids is 1. The second-order valence-corrected chi connectivity index (χ2v) is 6.56. The van der Waals surface area contributed by atoms with E-state index in [1.807, 2.05) is 37.3 Å². The summed E-state index contributed by atoms with van der Waals surface area (Å²) < 4.78 is 6.99. The first kappa shape index (κ1) is 18.1. The number of hydrogen-bond donors (Lipinski definition) is 2. The Bertz CT molecular complexity index is 782. The molecule has 2 heterocycles. The number of nitrogens with one attached hydrogen (secondary N) is 1. The van der Waals surface area contributed by atoms with E-state index >= 15 is 0 Å². The lowest BCUT2D eigenvalue weighted by Crippen LogP contribution is -2.53. The minimum atomic E-state index is -0.932. The van der Waals surface area contributed by atoms with Crippen molar-refractivity contribution in [3.63, 3.8) is 0 Å². The Hall–Kier alpha value is -2.74. The molecule has 0 spiro atoms. The Labute approximate surface area is 151 Å². The van der Waals surface area contributed by atoms with Crippen LogP contribution in [0.3, 0.4) is 0 Å². The van der Waals surface area contributed by atoms with Crippen molar-refractivity contribution >= 4 is 11.9 Å². The fraction of sp³-hybridized carbons (Fsp3) is 0.444. The monoisotopic (exact) mass is 358 g/mol. The van der Waals surface area contributed by atoms with Crippen LogP contribution >= 0.6 is 0 Å². The summed E-state index contributed by atoms with van der Waals surface area (Å²) in [5.74, 6) is -1.19. The molecule has 1 saturated heterocycles. The molecule has 0 radical (unpaired) electrons. The van der Waals surface area contributed by atoms with Gasteiger partial charge >= 0.3 is 5.97 Å². The summed E-state index contributed by atoms with van der Waals surface area (Å²) in [6, 6.07) is 9.55. The van der Waals surface area contributed by atoms with Gasteiger partial charge in [0, 0.05) is 13.2 Å². The van der Waals surface area contributed by atoms with Gasteiger partial charge in [-0.1, -0.05) is 23.4 Å². The van der Waals surface area contributed by atoms with Crippen molar-refractivity contribution in [3.05, 3.63) is 41.7 Å². The van der Waals surface area contributed by atoms with Gasteiger partial charge in [-0.25, -0.2) is 4.68 Å². The first-order valence-corrected chi connectivity index (χ1v) is 8.56. The van der Waals surface area contributed by atoms with Crippen LogP contribution in [-0.4, -0.2) is 50.7 Å². The van der Waals surface area contributed by atoms with E-state index < -0.39 is 11.5 Å². The molecule has 1 aromatic heterocycles. The van der Waals surface area contributed by atoms with Crippen molar-refractivity contribution < 1.29 is 19.4 Å². The fourth-order valence-corrected chi connectivity index (χ4v) is 3.23. The molecule has 8 nitrogen and oxygen atoms in total. The molecule has 0 saturated carbocycles. The number of ether oxygens (including phenoxy) is 1. The minimum absolute atomic E-state index is 0.0564. The lowest BCUT2D eigenvalue weighted by Gasteiger charge is -2.36. The molecule has 0 bridgehead atoms. The Morgan fingerprint density at radius 1 is 1.27 bits per heavy atom. The van der Waals surface area contributed by atoms with Crippen molar-refractivity contribution in [2.75, 3.05) is 13.2 Å². The molecule has 1 fully saturated rings. The van der Waals surface area contributed by atoms with E-state index in [1.165, 1.54) is 0 Å². The van der Waals surface area contributed by atoms with Gasteiger partial charge in [0.05, 0.1) is 35.5 Å². The molecule has 1 amide bonds. The van der Waals surface area contributed by atoms with E-state index in [0.717, 1.165) is 11.4 Å². The number of nitrogens with zero attached hydrogens (tertiary/aromatic N) is 3. The van der Waals surface area contributed by atoms with Crippen LogP contribution in [0.5, 0.6) is 0 Å². The molecule has 1 aliphatic rings. The third-order valence-electron chi connectivity index (χ3n) is 4.66. The van der Waals surface area contributed by atoms with E-state index in [1.54, 1.807) is 4.68 Å². The first-order valence-electron chi connectivity index (χ1n) is 8.56. The van der Waals surface area contributed by atoms with Gasteiger partial charge in [0.15, 0.2) is 0 Å². The molecule has 0 atom stereocenters. The lowest BCUT2D eigenvalue weighted by molar-refractivity contribution is -0.140. The van der Waals surface area contributed by atoms with Crippen LogP contribution in [0.15, 0.2) is 30.3 Å². The van der Waals surface area contributed by atoms with Crippen molar-refractivity contribution in [2.24, 2.45) is 0 Å². The van der Waals surface area contributed by atoms with Crippen molar-refractivity contribution in [2.45, 2.75) is 38.1 Å². The van der Waals surface area contributed by atoms with Crippen molar-refractivity contribution in [1.29, 1.82) is 0 Å². The summed E-state index contributed by atoms with van der Waals surface area (Å²) in [4.78, 5) is 23.8. The summed E-state index contributed by atoms with van der Waals surface area (Å²) in [7, 11) is 0. The van der Waals surface area contributed by atoms with Gasteiger partial charge in [-0.05, 0) is 31.9 Å². The molecule has 0 unspecified atom stereocenters. The van der Waals surface area contributed by atoms with Crippen LogP contribution in [0.1, 0.15) is 30.7 Å². The lowest BCUT2D eigenvalue weighted by atomic mass is 9.86. The zero-order valence-electron chi connectivity index (χ0n) is 14.6. The maximum Gasteiger partial charge on any atom is 0.305 e. The van der Waals surface area contributed by atoms with E-state index in [9.17, 15) is 14.7 Å². The third kappa shape index (κ3) is 4.08. The van der Waals surface area contributed by atoms with Crippen LogP contribution in [-0.2, 0) is 20.7 Å². The first-order chi connectivity index (χ1) is 12.5. The number of aliphatic carboxylic acids is 1. The minimum Gasteiger partial charge on any atom is -0.481 e. The number of amides is 1. The second kappa shape index (κ2) is 7.65. The van der Waals surface area contributed by atoms with E-state index in [0.29, 0.717) is 31.7 Å². The molecule has 3 rings (SSSR count). The number of carboxylic acids is 1. The predicted octanol–water partition coefficient (Wildman–Crippen LogP) is 1.26. The zero-order valence-corrected chi connectivity index (χ0v) is 14.6. The largest absolute Gasteiger partial charge is 0.481 e. The number of rotatable bonds is 6. The highest BCUT2D eigenvalue weighted by atomic mass is 16.5. The highest BCUT2D eigenvalue weighted by Gasteiger charge is 2.36. The standard InChI is InChI=1S/C18H22N4O4/c1-13-15(20-21-22(13)14-5-3-2-4-6-14)11-16(23)19-18(12-17(24)25)7-9-26-10-8-18/h2-6H,7-12H2,1H3,(H,19,23)(H,24,25). The molecule has 0 aliphatic carbocycles. The highest BCUT2D eigenvalue weighted by molar-refractivity contribution is 5.80. The van der Waals surface area contributed by atoms with Gasteiger partial charge in [-0.3, -0.25) is 9.59 Å². The quantitative estimate of drug-likeness (QED) is 0.805. The predicted molar refractivity (Wildman–Crippen MR) is 93.0 cm³/mol. The number of benzene rings is 1. The molecule has 1 aliphatic heterocycles. The fourth-order valence-electron chi connectivity index (χ4n) is 3.23. The summed E-state index contributed by atoms with van der Waals surface area (Å²) in [6.07, 6.45) is 0.917. The highest BCUT2D eigenvalue weighted by Crippen LogP contribution is 2.25. The maximum atomic E-state index is 12.5. The Morgan fingerprint density at radius 2 is 1.96 bits per heavy atom. The van der Waals surface area contributed by atoms with Gasteiger partial charge < -0.3 is 15.2 Å². The topological polar surface area (TPSA) is 106 Å². The van der Waals surface area contributed by atoms with E-state index in [4.69, 9.17) is 4.74 Å². The molecule has 1 aromatic carbocycles. The molecule has 8 heteroatoms. The van der Waals surface area contributed by atoms with E-state index in [-0.39, 0.29) is 18.7 Å². The average Bonchev–Trinajstić information content (AvgIpc) is 2.96. The van der Waals surface area contributed by atoms with Crippen LogP contribution in [0.2, 0.25) is 0 Å². The van der Waals surface area contributed by atoms with Crippen molar-refractivity contribution in [1.82, 2.24) is 20.3 Å². The molecule has 2 N–H and O–H groups in total. The van der Waals surface area contributed by atoms with Crippen molar-refractivity contribution in [3.8, 4) is 5.69 Å². The van der Waals surface area contributed by atoms with Gasteiger partial charge in [-0.15, -0.1) is 5.10 Å². The summed E-state index contributed by atoms with van der Waals surface area (Å²) in [6.45, 7) is 2.74. The van der Waals surface area contributed by atoms with Gasteiger partial charge in [0.2, 0.25) is 5.91 Å². The van der Waals surface area contributed by atoms with Gasteiger partial charge in [0.25, 0.3) is 0 Å². The number of para-hydroxylation sites is 1. The number of aromatic nitrogens is 3. The second-order valence-electron chi connectivity index (χ2n) is 6.56. The third-order valence-corrected chi connectivity index (χ3v) is 4.66. The summed E-state index contributed by atoms with van der Waals surface area (Å²) in [5, 5.41) is 20.3. The number of hydrogen-bond acceptors (Lipinski definition) is 5. The van der Waals surface area contributed by atoms with Crippen LogP contribution < -0.4 is 5.32 Å².